The molecule has 1 N–H and O–H groups in total. The summed E-state index contributed by atoms with van der Waals surface area (Å²) in [7, 11) is 0. The van der Waals surface area contributed by atoms with Crippen molar-refractivity contribution in [2.24, 2.45) is 0 Å². The molecule has 0 spiro atoms. The Labute approximate surface area is 166 Å². The number of hydrogen-bond acceptors (Lipinski definition) is 2. The highest BCUT2D eigenvalue weighted by atomic mass is 19.1. The normalized spacial score (nSPS) is 12.9. The second-order valence-corrected chi connectivity index (χ2v) is 7.31. The number of benzene rings is 2. The molecule has 2 aromatic carbocycles. The number of rotatable bonds is 8. The van der Waals surface area contributed by atoms with Gasteiger partial charge < -0.3 is 10.2 Å². The molecule has 0 aliphatic rings. The van der Waals surface area contributed by atoms with Crippen LogP contribution >= 0.6 is 0 Å². The van der Waals surface area contributed by atoms with E-state index < -0.39 is 6.04 Å². The zero-order chi connectivity index (χ0) is 20.7. The molecule has 4 nitrogen and oxygen atoms in total. The molecule has 2 amide bonds. The summed E-state index contributed by atoms with van der Waals surface area (Å²) < 4.78 is 13.1. The van der Waals surface area contributed by atoms with Crippen molar-refractivity contribution >= 4 is 11.8 Å². The van der Waals surface area contributed by atoms with Crippen molar-refractivity contribution in [2.45, 2.75) is 59.2 Å². The molecule has 0 saturated carbocycles. The number of nitrogens with zero attached hydrogens (tertiary/aromatic N) is 1. The molecule has 0 saturated heterocycles. The number of amides is 2. The fourth-order valence-corrected chi connectivity index (χ4v) is 2.93. The van der Waals surface area contributed by atoms with Gasteiger partial charge in [0.25, 0.3) is 0 Å². The zero-order valence-electron chi connectivity index (χ0n) is 17.0. The minimum Gasteiger partial charge on any atom is -0.352 e. The Morgan fingerprint density at radius 1 is 1.07 bits per heavy atom. The van der Waals surface area contributed by atoms with Crippen molar-refractivity contribution in [1.82, 2.24) is 10.2 Å². The van der Waals surface area contributed by atoms with E-state index in [1.54, 1.807) is 24.0 Å². The van der Waals surface area contributed by atoms with Crippen LogP contribution in [-0.2, 0) is 22.6 Å². The number of nitrogens with one attached hydrogen (secondary N) is 1. The van der Waals surface area contributed by atoms with Gasteiger partial charge >= 0.3 is 0 Å². The molecule has 0 aliphatic carbocycles. The summed E-state index contributed by atoms with van der Waals surface area (Å²) >= 11 is 0. The number of halogens is 1. The van der Waals surface area contributed by atoms with Gasteiger partial charge in [-0.05, 0) is 50.5 Å². The third kappa shape index (κ3) is 6.19. The van der Waals surface area contributed by atoms with Crippen molar-refractivity contribution in [2.75, 3.05) is 0 Å². The van der Waals surface area contributed by atoms with Crippen LogP contribution in [0.4, 0.5) is 4.39 Å². The molecular weight excluding hydrogens is 355 g/mol. The van der Waals surface area contributed by atoms with Crippen LogP contribution in [0.5, 0.6) is 0 Å². The monoisotopic (exact) mass is 384 g/mol. The van der Waals surface area contributed by atoms with Gasteiger partial charge in [-0.2, -0.15) is 0 Å². The van der Waals surface area contributed by atoms with Crippen LogP contribution in [0.2, 0.25) is 0 Å². The minimum atomic E-state index is -0.609. The first kappa shape index (κ1) is 21.6. The van der Waals surface area contributed by atoms with E-state index in [9.17, 15) is 14.0 Å². The van der Waals surface area contributed by atoms with Crippen LogP contribution in [0.15, 0.2) is 48.5 Å². The molecule has 0 aliphatic heterocycles. The first-order valence-corrected chi connectivity index (χ1v) is 9.70. The van der Waals surface area contributed by atoms with Gasteiger partial charge in [0, 0.05) is 12.6 Å². The molecule has 0 aromatic heterocycles. The van der Waals surface area contributed by atoms with Crippen molar-refractivity contribution in [3.8, 4) is 0 Å². The maximum absolute atomic E-state index is 13.1. The molecule has 0 radical (unpaired) electrons. The molecule has 0 fully saturated rings. The summed E-state index contributed by atoms with van der Waals surface area (Å²) in [6.07, 6.45) is 0.937. The highest BCUT2D eigenvalue weighted by molar-refractivity contribution is 5.88. The van der Waals surface area contributed by atoms with E-state index >= 15 is 0 Å². The highest BCUT2D eigenvalue weighted by Crippen LogP contribution is 2.14. The summed E-state index contributed by atoms with van der Waals surface area (Å²) in [4.78, 5) is 27.3. The first-order chi connectivity index (χ1) is 13.3. The summed E-state index contributed by atoms with van der Waals surface area (Å²) in [6, 6.07) is 13.2. The second kappa shape index (κ2) is 10.0. The van der Waals surface area contributed by atoms with Crippen molar-refractivity contribution < 1.29 is 14.0 Å². The SMILES string of the molecule is CC[C@H](C)NC(=O)[C@H](C)N(Cc1cccc(C)c1)C(=O)Cc1ccc(F)cc1. The maximum Gasteiger partial charge on any atom is 0.242 e. The van der Waals surface area contributed by atoms with Crippen LogP contribution in [-0.4, -0.2) is 28.8 Å². The van der Waals surface area contributed by atoms with Gasteiger partial charge in [-0.3, -0.25) is 9.59 Å². The second-order valence-electron chi connectivity index (χ2n) is 7.31. The Kier molecular flexibility index (Phi) is 7.73. The minimum absolute atomic E-state index is 0.0444. The molecular formula is C23H29FN2O2. The van der Waals surface area contributed by atoms with E-state index in [2.05, 4.69) is 5.32 Å². The lowest BCUT2D eigenvalue weighted by Crippen LogP contribution is -2.49. The Morgan fingerprint density at radius 3 is 2.36 bits per heavy atom. The number of carbonyl (C=O) groups excluding carboxylic acids is 2. The predicted molar refractivity (Wildman–Crippen MR) is 109 cm³/mol. The van der Waals surface area contributed by atoms with E-state index in [4.69, 9.17) is 0 Å². The van der Waals surface area contributed by atoms with E-state index in [0.717, 1.165) is 23.1 Å². The lowest BCUT2D eigenvalue weighted by Gasteiger charge is -2.30. The number of hydrogen-bond donors (Lipinski definition) is 1. The fraction of sp³-hybridized carbons (Fsp3) is 0.391. The van der Waals surface area contributed by atoms with Gasteiger partial charge in [-0.1, -0.05) is 48.9 Å². The summed E-state index contributed by atoms with van der Waals surface area (Å²) in [6.45, 7) is 8.02. The Hall–Kier alpha value is -2.69. The highest BCUT2D eigenvalue weighted by Gasteiger charge is 2.26. The van der Waals surface area contributed by atoms with Crippen LogP contribution in [0.1, 0.15) is 43.9 Å². The summed E-state index contributed by atoms with van der Waals surface area (Å²) in [5.41, 5.74) is 2.78. The average Bonchev–Trinajstić information content (AvgIpc) is 2.67. The smallest absolute Gasteiger partial charge is 0.242 e. The van der Waals surface area contributed by atoms with Crippen molar-refractivity contribution in [3.63, 3.8) is 0 Å². The van der Waals surface area contributed by atoms with E-state index in [1.807, 2.05) is 45.0 Å². The fourth-order valence-electron chi connectivity index (χ4n) is 2.93. The van der Waals surface area contributed by atoms with E-state index in [1.165, 1.54) is 12.1 Å². The van der Waals surface area contributed by atoms with Gasteiger partial charge in [0.1, 0.15) is 11.9 Å². The third-order valence-corrected chi connectivity index (χ3v) is 4.87. The standard InChI is InChI=1S/C23H29FN2O2/c1-5-17(3)25-23(28)18(4)26(15-20-8-6-7-16(2)13-20)22(27)14-19-9-11-21(24)12-10-19/h6-13,17-18H,5,14-15H2,1-4H3,(H,25,28)/t17-,18-/m0/s1. The van der Waals surface area contributed by atoms with Gasteiger partial charge in [-0.25, -0.2) is 4.39 Å². The van der Waals surface area contributed by atoms with Gasteiger partial charge in [0.05, 0.1) is 6.42 Å². The van der Waals surface area contributed by atoms with E-state index in [0.29, 0.717) is 6.54 Å². The molecule has 2 aromatic rings. The summed E-state index contributed by atoms with van der Waals surface area (Å²) in [5.74, 6) is -0.677. The van der Waals surface area contributed by atoms with Crippen LogP contribution in [0, 0.1) is 12.7 Å². The lowest BCUT2D eigenvalue weighted by atomic mass is 10.1. The Morgan fingerprint density at radius 2 is 1.75 bits per heavy atom. The third-order valence-electron chi connectivity index (χ3n) is 4.87. The van der Waals surface area contributed by atoms with Crippen LogP contribution in [0.25, 0.3) is 0 Å². The maximum atomic E-state index is 13.1. The first-order valence-electron chi connectivity index (χ1n) is 9.70. The van der Waals surface area contributed by atoms with Gasteiger partial charge in [0.15, 0.2) is 0 Å². The Balaban J connectivity index is 2.22. The molecule has 0 bridgehead atoms. The molecule has 2 rings (SSSR count). The van der Waals surface area contributed by atoms with Crippen LogP contribution < -0.4 is 5.32 Å². The molecule has 5 heteroatoms. The Bertz CT molecular complexity index is 805. The number of aryl methyl sites for hydroxylation is 1. The predicted octanol–water partition coefficient (Wildman–Crippen LogP) is 4.01. The number of carbonyl (C=O) groups is 2. The molecule has 150 valence electrons. The quantitative estimate of drug-likeness (QED) is 0.748. The molecule has 2 atom stereocenters. The van der Waals surface area contributed by atoms with Crippen LogP contribution in [0.3, 0.4) is 0 Å². The molecule has 0 heterocycles. The van der Waals surface area contributed by atoms with E-state index in [-0.39, 0.29) is 30.1 Å². The average molecular weight is 384 g/mol. The van der Waals surface area contributed by atoms with Crippen molar-refractivity contribution in [3.05, 3.63) is 71.0 Å². The zero-order valence-corrected chi connectivity index (χ0v) is 17.0. The molecule has 28 heavy (non-hydrogen) atoms. The van der Waals surface area contributed by atoms with Gasteiger partial charge in [0.2, 0.25) is 11.8 Å². The lowest BCUT2D eigenvalue weighted by molar-refractivity contribution is -0.140. The summed E-state index contributed by atoms with van der Waals surface area (Å²) in [5, 5.41) is 2.95. The van der Waals surface area contributed by atoms with Gasteiger partial charge in [-0.15, -0.1) is 0 Å². The van der Waals surface area contributed by atoms with Crippen molar-refractivity contribution in [1.29, 1.82) is 0 Å². The topological polar surface area (TPSA) is 49.4 Å². The largest absolute Gasteiger partial charge is 0.352 e. The molecule has 0 unspecified atom stereocenters.